The van der Waals surface area contributed by atoms with Gasteiger partial charge in [-0.15, -0.1) is 0 Å². The predicted octanol–water partition coefficient (Wildman–Crippen LogP) is 3.06. The number of aliphatic carboxylic acids is 1. The van der Waals surface area contributed by atoms with Gasteiger partial charge in [0.1, 0.15) is 0 Å². The van der Waals surface area contributed by atoms with Crippen molar-refractivity contribution in [3.8, 4) is 5.69 Å². The van der Waals surface area contributed by atoms with Crippen LogP contribution < -0.4 is 5.32 Å². The summed E-state index contributed by atoms with van der Waals surface area (Å²) in [5.74, 6) is -1.16. The Bertz CT molecular complexity index is 768. The van der Waals surface area contributed by atoms with E-state index in [1.54, 1.807) is 37.6 Å². The van der Waals surface area contributed by atoms with Crippen LogP contribution in [0.3, 0.4) is 0 Å². The predicted molar refractivity (Wildman–Crippen MR) is 91.7 cm³/mol. The van der Waals surface area contributed by atoms with Crippen molar-refractivity contribution in [2.45, 2.75) is 27.2 Å². The molecular weight excluding hydrogens is 330 g/mol. The van der Waals surface area contributed by atoms with Gasteiger partial charge >= 0.3 is 5.97 Å². The molecule has 7 heteroatoms. The van der Waals surface area contributed by atoms with Gasteiger partial charge in [0, 0.05) is 11.6 Å². The zero-order valence-electron chi connectivity index (χ0n) is 13.8. The number of benzene rings is 1. The van der Waals surface area contributed by atoms with E-state index in [2.05, 4.69) is 10.4 Å². The molecule has 1 amide bonds. The minimum absolute atomic E-state index is 0.276. The maximum atomic E-state index is 12.3. The fraction of sp³-hybridized carbons (Fsp3) is 0.353. The molecule has 0 atom stereocenters. The quantitative estimate of drug-likeness (QED) is 0.839. The van der Waals surface area contributed by atoms with Crippen molar-refractivity contribution in [1.82, 2.24) is 15.1 Å². The van der Waals surface area contributed by atoms with Crippen LogP contribution in [-0.4, -0.2) is 33.3 Å². The number of carbonyl (C=O) groups excluding carboxylic acids is 1. The van der Waals surface area contributed by atoms with Crippen LogP contribution in [0.15, 0.2) is 30.5 Å². The number of nitrogens with one attached hydrogen (secondary N) is 1. The Morgan fingerprint density at radius 3 is 2.71 bits per heavy atom. The Labute approximate surface area is 145 Å². The van der Waals surface area contributed by atoms with Crippen molar-refractivity contribution in [3.05, 3.63) is 46.7 Å². The number of carbonyl (C=O) groups is 2. The molecule has 0 fully saturated rings. The van der Waals surface area contributed by atoms with Crippen LogP contribution in [-0.2, 0) is 4.79 Å². The molecule has 24 heavy (non-hydrogen) atoms. The molecule has 2 N–H and O–H groups in total. The Morgan fingerprint density at radius 1 is 1.38 bits per heavy atom. The van der Waals surface area contributed by atoms with Crippen molar-refractivity contribution < 1.29 is 14.7 Å². The lowest BCUT2D eigenvalue weighted by Crippen LogP contribution is -2.32. The molecule has 0 radical (unpaired) electrons. The minimum Gasteiger partial charge on any atom is -0.481 e. The average Bonchev–Trinajstić information content (AvgIpc) is 2.88. The number of hydrogen-bond acceptors (Lipinski definition) is 3. The molecule has 2 rings (SSSR count). The highest BCUT2D eigenvalue weighted by molar-refractivity contribution is 6.30. The highest BCUT2D eigenvalue weighted by atomic mass is 35.5. The van der Waals surface area contributed by atoms with Gasteiger partial charge in [-0.2, -0.15) is 5.10 Å². The topological polar surface area (TPSA) is 84.2 Å². The number of amides is 1. The van der Waals surface area contributed by atoms with Gasteiger partial charge in [0.2, 0.25) is 0 Å². The van der Waals surface area contributed by atoms with E-state index in [4.69, 9.17) is 16.7 Å². The third-order valence-corrected chi connectivity index (χ3v) is 4.16. The van der Waals surface area contributed by atoms with Gasteiger partial charge in [-0.1, -0.05) is 17.7 Å². The van der Waals surface area contributed by atoms with E-state index in [9.17, 15) is 9.59 Å². The molecular formula is C17H20ClN3O3. The van der Waals surface area contributed by atoms with Crippen LogP contribution >= 0.6 is 11.6 Å². The van der Waals surface area contributed by atoms with Crippen LogP contribution in [0.1, 0.15) is 36.3 Å². The van der Waals surface area contributed by atoms with Crippen LogP contribution in [0, 0.1) is 12.3 Å². The van der Waals surface area contributed by atoms with E-state index in [0.717, 1.165) is 5.69 Å². The van der Waals surface area contributed by atoms with Gasteiger partial charge in [-0.05, 0) is 45.4 Å². The number of halogens is 1. The minimum atomic E-state index is -0.887. The lowest BCUT2D eigenvalue weighted by atomic mass is 9.90. The number of carboxylic acids is 1. The van der Waals surface area contributed by atoms with Crippen LogP contribution in [0.4, 0.5) is 0 Å². The number of hydrogen-bond donors (Lipinski definition) is 2. The van der Waals surface area contributed by atoms with Crippen molar-refractivity contribution >= 4 is 23.5 Å². The van der Waals surface area contributed by atoms with E-state index in [1.165, 1.54) is 6.20 Å². The molecule has 128 valence electrons. The summed E-state index contributed by atoms with van der Waals surface area (Å²) in [6, 6.07) is 7.19. The average molecular weight is 350 g/mol. The largest absolute Gasteiger partial charge is 0.481 e. The second-order valence-corrected chi connectivity index (χ2v) is 6.67. The number of aromatic nitrogens is 2. The molecule has 0 aliphatic rings. The van der Waals surface area contributed by atoms with Gasteiger partial charge in [-0.25, -0.2) is 4.68 Å². The first kappa shape index (κ1) is 18.0. The number of nitrogens with zero attached hydrogens (tertiary/aromatic N) is 2. The van der Waals surface area contributed by atoms with Crippen LogP contribution in [0.5, 0.6) is 0 Å². The summed E-state index contributed by atoms with van der Waals surface area (Å²) in [5.41, 5.74) is 1.02. The second kappa shape index (κ2) is 7.05. The molecule has 0 unspecified atom stereocenters. The standard InChI is InChI=1S/C17H20ClN3O3/c1-11-14(15(22)19-8-7-17(2,3)16(23)24)10-20-21(11)13-6-4-5-12(18)9-13/h4-6,9-10H,7-8H2,1-3H3,(H,19,22)(H,23,24). The number of carboxylic acid groups (broad SMARTS) is 1. The first-order valence-electron chi connectivity index (χ1n) is 7.54. The highest BCUT2D eigenvalue weighted by Crippen LogP contribution is 2.20. The second-order valence-electron chi connectivity index (χ2n) is 6.23. The Morgan fingerprint density at radius 2 is 2.08 bits per heavy atom. The van der Waals surface area contributed by atoms with E-state index in [1.807, 2.05) is 12.1 Å². The summed E-state index contributed by atoms with van der Waals surface area (Å²) in [4.78, 5) is 23.4. The summed E-state index contributed by atoms with van der Waals surface area (Å²) in [7, 11) is 0. The van der Waals surface area contributed by atoms with Gasteiger partial charge in [0.05, 0.1) is 28.6 Å². The van der Waals surface area contributed by atoms with Crippen molar-refractivity contribution in [1.29, 1.82) is 0 Å². The molecule has 0 aliphatic heterocycles. The zero-order valence-corrected chi connectivity index (χ0v) is 14.6. The first-order valence-corrected chi connectivity index (χ1v) is 7.92. The van der Waals surface area contributed by atoms with Gasteiger partial charge in [0.15, 0.2) is 0 Å². The smallest absolute Gasteiger partial charge is 0.309 e. The molecule has 1 aromatic carbocycles. The molecule has 0 aliphatic carbocycles. The monoisotopic (exact) mass is 349 g/mol. The number of rotatable bonds is 6. The summed E-state index contributed by atoms with van der Waals surface area (Å²) in [6.45, 7) is 5.33. The Hall–Kier alpha value is -2.34. The van der Waals surface area contributed by atoms with Crippen LogP contribution in [0.2, 0.25) is 5.02 Å². The molecule has 0 bridgehead atoms. The molecule has 0 saturated carbocycles. The Balaban J connectivity index is 2.08. The van der Waals surface area contributed by atoms with Crippen molar-refractivity contribution in [2.75, 3.05) is 6.54 Å². The SMILES string of the molecule is Cc1c(C(=O)NCCC(C)(C)C(=O)O)cnn1-c1cccc(Cl)c1. The molecule has 2 aromatic rings. The molecule has 0 spiro atoms. The molecule has 1 aromatic heterocycles. The summed E-state index contributed by atoms with van der Waals surface area (Å²) in [6.07, 6.45) is 1.84. The van der Waals surface area contributed by atoms with Gasteiger partial charge < -0.3 is 10.4 Å². The summed E-state index contributed by atoms with van der Waals surface area (Å²) in [5, 5.41) is 16.7. The molecule has 0 saturated heterocycles. The fourth-order valence-electron chi connectivity index (χ4n) is 2.19. The highest BCUT2D eigenvalue weighted by Gasteiger charge is 2.26. The summed E-state index contributed by atoms with van der Waals surface area (Å²) >= 11 is 5.98. The fourth-order valence-corrected chi connectivity index (χ4v) is 2.38. The zero-order chi connectivity index (χ0) is 17.9. The summed E-state index contributed by atoms with van der Waals surface area (Å²) < 4.78 is 1.64. The molecule has 6 nitrogen and oxygen atoms in total. The van der Waals surface area contributed by atoms with Crippen molar-refractivity contribution in [3.63, 3.8) is 0 Å². The molecule has 1 heterocycles. The first-order chi connectivity index (χ1) is 11.2. The van der Waals surface area contributed by atoms with Crippen LogP contribution in [0.25, 0.3) is 5.69 Å². The van der Waals surface area contributed by atoms with Gasteiger partial charge in [-0.3, -0.25) is 9.59 Å². The van der Waals surface area contributed by atoms with E-state index < -0.39 is 11.4 Å². The van der Waals surface area contributed by atoms with E-state index >= 15 is 0 Å². The third-order valence-electron chi connectivity index (χ3n) is 3.92. The van der Waals surface area contributed by atoms with Gasteiger partial charge in [0.25, 0.3) is 5.91 Å². The Kier molecular flexibility index (Phi) is 5.29. The van der Waals surface area contributed by atoms with Crippen molar-refractivity contribution in [2.24, 2.45) is 5.41 Å². The third kappa shape index (κ3) is 3.94. The maximum absolute atomic E-state index is 12.3. The maximum Gasteiger partial charge on any atom is 0.309 e. The lowest BCUT2D eigenvalue weighted by molar-refractivity contribution is -0.147. The van der Waals surface area contributed by atoms with E-state index in [0.29, 0.717) is 22.7 Å². The normalized spacial score (nSPS) is 11.3. The lowest BCUT2D eigenvalue weighted by Gasteiger charge is -2.18. The van der Waals surface area contributed by atoms with E-state index in [-0.39, 0.29) is 12.5 Å².